The Labute approximate surface area is 125 Å². The normalized spacial score (nSPS) is 13.4. The Balaban J connectivity index is 3.13. The quantitative estimate of drug-likeness (QED) is 0.763. The number of halogens is 1. The molecule has 0 saturated heterocycles. The molecule has 0 aliphatic heterocycles. The molecule has 1 unspecified atom stereocenters. The molecule has 7 heteroatoms. The number of methoxy groups -OCH3 is 1. The number of hydrogen-bond donors (Lipinski definition) is 2. The predicted octanol–water partition coefficient (Wildman–Crippen LogP) is 1.56. The molecule has 0 aliphatic carbocycles. The fourth-order valence-corrected chi connectivity index (χ4v) is 3.44. The first-order valence-corrected chi connectivity index (χ1v) is 8.28. The molecule has 2 N–H and O–H groups in total. The van der Waals surface area contributed by atoms with E-state index in [1.165, 1.54) is 19.2 Å². The number of rotatable bonds is 8. The van der Waals surface area contributed by atoms with Crippen LogP contribution in [0.25, 0.3) is 0 Å². The maximum Gasteiger partial charge on any atom is 0.240 e. The summed E-state index contributed by atoms with van der Waals surface area (Å²) in [7, 11) is -0.500. The van der Waals surface area contributed by atoms with Crippen molar-refractivity contribution in [2.75, 3.05) is 20.8 Å². The van der Waals surface area contributed by atoms with Gasteiger partial charge in [-0.2, -0.15) is 0 Å². The van der Waals surface area contributed by atoms with E-state index in [1.807, 2.05) is 6.92 Å². The first kappa shape index (κ1) is 18.0. The molecular weight excluding hydrogens is 295 g/mol. The highest BCUT2D eigenvalue weighted by atomic mass is 32.2. The van der Waals surface area contributed by atoms with Crippen molar-refractivity contribution in [2.45, 2.75) is 37.8 Å². The number of benzene rings is 1. The molecule has 0 fully saturated rings. The molecule has 0 radical (unpaired) electrons. The Hall–Kier alpha value is -1.02. The van der Waals surface area contributed by atoms with Gasteiger partial charge in [0, 0.05) is 25.3 Å². The van der Waals surface area contributed by atoms with Gasteiger partial charge in [0.15, 0.2) is 0 Å². The molecule has 1 aromatic rings. The fraction of sp³-hybridized carbons (Fsp3) is 0.571. The zero-order valence-electron chi connectivity index (χ0n) is 12.9. The van der Waals surface area contributed by atoms with E-state index in [4.69, 9.17) is 4.74 Å². The van der Waals surface area contributed by atoms with Crippen molar-refractivity contribution in [3.05, 3.63) is 29.1 Å². The Morgan fingerprint density at radius 1 is 1.38 bits per heavy atom. The van der Waals surface area contributed by atoms with Crippen LogP contribution in [0.5, 0.6) is 0 Å². The zero-order chi connectivity index (χ0) is 16.0. The second kappa shape index (κ2) is 7.84. The molecule has 0 amide bonds. The average Bonchev–Trinajstić information content (AvgIpc) is 2.43. The van der Waals surface area contributed by atoms with Crippen LogP contribution >= 0.6 is 0 Å². The van der Waals surface area contributed by atoms with Crippen molar-refractivity contribution in [1.29, 1.82) is 0 Å². The van der Waals surface area contributed by atoms with Gasteiger partial charge in [0.1, 0.15) is 5.82 Å². The van der Waals surface area contributed by atoms with E-state index in [1.54, 1.807) is 14.0 Å². The summed E-state index contributed by atoms with van der Waals surface area (Å²) in [6.45, 7) is 3.99. The summed E-state index contributed by atoms with van der Waals surface area (Å²) in [5.41, 5.74) is 0.639. The maximum atomic E-state index is 13.9. The highest BCUT2D eigenvalue weighted by molar-refractivity contribution is 7.89. The van der Waals surface area contributed by atoms with Crippen LogP contribution < -0.4 is 10.0 Å². The summed E-state index contributed by atoms with van der Waals surface area (Å²) in [6.07, 6.45) is 0.608. The molecule has 0 aromatic heterocycles. The molecule has 120 valence electrons. The summed E-state index contributed by atoms with van der Waals surface area (Å²) in [5.74, 6) is -0.382. The second-order valence-electron chi connectivity index (χ2n) is 4.93. The molecule has 0 aliphatic rings. The van der Waals surface area contributed by atoms with E-state index in [0.717, 1.165) is 0 Å². The number of sulfonamides is 1. The fourth-order valence-electron chi connectivity index (χ4n) is 2.00. The number of ether oxygens (including phenoxy) is 1. The lowest BCUT2D eigenvalue weighted by atomic mass is 10.1. The van der Waals surface area contributed by atoms with Crippen molar-refractivity contribution in [1.82, 2.24) is 10.0 Å². The van der Waals surface area contributed by atoms with Crippen LogP contribution in [0.2, 0.25) is 0 Å². The Bertz CT molecular complexity index is 576. The van der Waals surface area contributed by atoms with Gasteiger partial charge in [-0.1, -0.05) is 6.92 Å². The lowest BCUT2D eigenvalue weighted by Crippen LogP contribution is -2.37. The minimum atomic E-state index is -3.70. The minimum Gasteiger partial charge on any atom is -0.383 e. The van der Waals surface area contributed by atoms with Crippen molar-refractivity contribution in [3.63, 3.8) is 0 Å². The lowest BCUT2D eigenvalue weighted by molar-refractivity contribution is 0.173. The number of hydrogen-bond acceptors (Lipinski definition) is 4. The smallest absolute Gasteiger partial charge is 0.240 e. The summed E-state index contributed by atoms with van der Waals surface area (Å²) in [4.78, 5) is 0.0706. The Morgan fingerprint density at radius 3 is 2.57 bits per heavy atom. The third kappa shape index (κ3) is 4.74. The average molecular weight is 318 g/mol. The summed E-state index contributed by atoms with van der Waals surface area (Å²) < 4.78 is 46.3. The van der Waals surface area contributed by atoms with E-state index in [-0.39, 0.29) is 23.3 Å². The van der Waals surface area contributed by atoms with Crippen LogP contribution in [-0.2, 0) is 21.3 Å². The predicted molar refractivity (Wildman–Crippen MR) is 80.2 cm³/mol. The van der Waals surface area contributed by atoms with Gasteiger partial charge < -0.3 is 10.1 Å². The van der Waals surface area contributed by atoms with Crippen LogP contribution in [-0.4, -0.2) is 35.2 Å². The van der Waals surface area contributed by atoms with E-state index < -0.39 is 10.0 Å². The van der Waals surface area contributed by atoms with Crippen LogP contribution in [0.1, 0.15) is 24.5 Å². The van der Waals surface area contributed by atoms with Crippen LogP contribution in [0.4, 0.5) is 4.39 Å². The van der Waals surface area contributed by atoms with Gasteiger partial charge in [-0.05, 0) is 38.1 Å². The number of nitrogens with one attached hydrogen (secondary N) is 2. The first-order valence-electron chi connectivity index (χ1n) is 6.80. The molecule has 21 heavy (non-hydrogen) atoms. The monoisotopic (exact) mass is 318 g/mol. The van der Waals surface area contributed by atoms with Crippen molar-refractivity contribution in [3.8, 4) is 0 Å². The standard InChI is InChI=1S/C14H23FN2O3S/c1-5-12(9-20-4)17-21(18,19)13-6-10(2)14(15)11(7-13)8-16-3/h6-7,12,16-17H,5,8-9H2,1-4H3. The van der Waals surface area contributed by atoms with E-state index in [2.05, 4.69) is 10.0 Å². The summed E-state index contributed by atoms with van der Waals surface area (Å²) >= 11 is 0. The third-order valence-corrected chi connectivity index (χ3v) is 4.66. The molecule has 1 aromatic carbocycles. The molecule has 1 rings (SSSR count). The SMILES string of the molecule is CCC(COC)NS(=O)(=O)c1cc(C)c(F)c(CNC)c1. The van der Waals surface area contributed by atoms with Gasteiger partial charge in [0.2, 0.25) is 10.0 Å². The highest BCUT2D eigenvalue weighted by Crippen LogP contribution is 2.19. The van der Waals surface area contributed by atoms with Gasteiger partial charge >= 0.3 is 0 Å². The molecule has 0 bridgehead atoms. The van der Waals surface area contributed by atoms with Crippen molar-refractivity contribution < 1.29 is 17.5 Å². The Kier molecular flexibility index (Phi) is 6.73. The maximum absolute atomic E-state index is 13.9. The van der Waals surface area contributed by atoms with Crippen molar-refractivity contribution in [2.24, 2.45) is 0 Å². The molecule has 0 heterocycles. The zero-order valence-corrected chi connectivity index (χ0v) is 13.7. The van der Waals surface area contributed by atoms with Gasteiger partial charge in [0.25, 0.3) is 0 Å². The number of aryl methyl sites for hydroxylation is 1. The molecule has 0 saturated carbocycles. The largest absolute Gasteiger partial charge is 0.383 e. The Morgan fingerprint density at radius 2 is 2.05 bits per heavy atom. The molecule has 0 spiro atoms. The van der Waals surface area contributed by atoms with Gasteiger partial charge in [0.05, 0.1) is 11.5 Å². The van der Waals surface area contributed by atoms with E-state index in [0.29, 0.717) is 24.2 Å². The molecular formula is C14H23FN2O3S. The van der Waals surface area contributed by atoms with Crippen LogP contribution in [0, 0.1) is 12.7 Å². The summed E-state index contributed by atoms with van der Waals surface area (Å²) in [6, 6.07) is 2.40. The van der Waals surface area contributed by atoms with Crippen LogP contribution in [0.3, 0.4) is 0 Å². The van der Waals surface area contributed by atoms with Crippen LogP contribution in [0.15, 0.2) is 17.0 Å². The summed E-state index contributed by atoms with van der Waals surface area (Å²) in [5, 5.41) is 2.83. The minimum absolute atomic E-state index is 0.0706. The molecule has 1 atom stereocenters. The highest BCUT2D eigenvalue weighted by Gasteiger charge is 2.21. The first-order chi connectivity index (χ1) is 9.85. The lowest BCUT2D eigenvalue weighted by Gasteiger charge is -2.17. The van der Waals surface area contributed by atoms with Gasteiger partial charge in [-0.25, -0.2) is 17.5 Å². The van der Waals surface area contributed by atoms with Crippen molar-refractivity contribution >= 4 is 10.0 Å². The van der Waals surface area contributed by atoms with Gasteiger partial charge in [-0.15, -0.1) is 0 Å². The van der Waals surface area contributed by atoms with E-state index in [9.17, 15) is 12.8 Å². The van der Waals surface area contributed by atoms with Gasteiger partial charge in [-0.3, -0.25) is 0 Å². The topological polar surface area (TPSA) is 67.4 Å². The van der Waals surface area contributed by atoms with E-state index >= 15 is 0 Å². The second-order valence-corrected chi connectivity index (χ2v) is 6.64. The molecule has 5 nitrogen and oxygen atoms in total. The third-order valence-electron chi connectivity index (χ3n) is 3.16.